The zero-order valence-corrected chi connectivity index (χ0v) is 11.8. The number of amides is 1. The third-order valence-corrected chi connectivity index (χ3v) is 3.86. The lowest BCUT2D eigenvalue weighted by atomic mass is 9.94. The first-order valence-electron chi connectivity index (χ1n) is 6.82. The molecule has 0 unspecified atom stereocenters. The number of aromatic nitrogens is 1. The molecule has 2 aromatic rings. The van der Waals surface area contributed by atoms with Gasteiger partial charge < -0.3 is 15.8 Å². The molecule has 5 nitrogen and oxygen atoms in total. The first kappa shape index (κ1) is 13.4. The lowest BCUT2D eigenvalue weighted by molar-refractivity contribution is -0.118. The van der Waals surface area contributed by atoms with E-state index in [2.05, 4.69) is 10.3 Å². The van der Waals surface area contributed by atoms with Crippen molar-refractivity contribution in [3.63, 3.8) is 0 Å². The van der Waals surface area contributed by atoms with Crippen molar-refractivity contribution in [2.24, 2.45) is 0 Å². The average molecular weight is 283 g/mol. The van der Waals surface area contributed by atoms with Gasteiger partial charge in [-0.25, -0.2) is 4.98 Å². The van der Waals surface area contributed by atoms with E-state index >= 15 is 0 Å². The van der Waals surface area contributed by atoms with Gasteiger partial charge in [-0.05, 0) is 42.7 Å². The summed E-state index contributed by atoms with van der Waals surface area (Å²) >= 11 is 0. The molecule has 0 aliphatic heterocycles. The molecule has 108 valence electrons. The second-order valence-electron chi connectivity index (χ2n) is 5.22. The number of rotatable bonds is 4. The van der Waals surface area contributed by atoms with Gasteiger partial charge in [0.1, 0.15) is 5.69 Å². The van der Waals surface area contributed by atoms with E-state index in [-0.39, 0.29) is 5.91 Å². The van der Waals surface area contributed by atoms with Crippen molar-refractivity contribution in [3.05, 3.63) is 48.2 Å². The Morgan fingerprint density at radius 2 is 2.00 bits per heavy atom. The van der Waals surface area contributed by atoms with E-state index in [9.17, 15) is 4.79 Å². The molecule has 1 amide bonds. The predicted octanol–water partition coefficient (Wildman–Crippen LogP) is 2.34. The highest BCUT2D eigenvalue weighted by atomic mass is 16.5. The Hall–Kier alpha value is -2.56. The van der Waals surface area contributed by atoms with E-state index in [1.807, 2.05) is 24.3 Å². The molecule has 0 radical (unpaired) electrons. The van der Waals surface area contributed by atoms with Crippen LogP contribution < -0.4 is 15.8 Å². The summed E-state index contributed by atoms with van der Waals surface area (Å²) in [5, 5.41) is 2.92. The van der Waals surface area contributed by atoms with Crippen LogP contribution in [0.4, 0.5) is 11.4 Å². The Balaban J connectivity index is 1.83. The van der Waals surface area contributed by atoms with Crippen LogP contribution in [-0.4, -0.2) is 18.0 Å². The quantitative estimate of drug-likeness (QED) is 0.844. The lowest BCUT2D eigenvalue weighted by Crippen LogP contribution is -2.28. The molecule has 1 aliphatic carbocycles. The standard InChI is InChI=1S/C16H17N3O2/c1-21-14-13(3-2-10-18-14)19-15(20)16(8-9-16)11-4-6-12(17)7-5-11/h2-7,10H,8-9,17H2,1H3,(H,19,20). The number of nitrogens with one attached hydrogen (secondary N) is 1. The highest BCUT2D eigenvalue weighted by Crippen LogP contribution is 2.49. The molecule has 3 N–H and O–H groups in total. The number of ether oxygens (including phenoxy) is 1. The minimum absolute atomic E-state index is 0.0291. The van der Waals surface area contributed by atoms with Crippen LogP contribution in [0.25, 0.3) is 0 Å². The summed E-state index contributed by atoms with van der Waals surface area (Å²) in [6.07, 6.45) is 3.30. The minimum Gasteiger partial charge on any atom is -0.480 e. The fourth-order valence-electron chi connectivity index (χ4n) is 2.46. The predicted molar refractivity (Wildman–Crippen MR) is 81.2 cm³/mol. The highest BCUT2D eigenvalue weighted by molar-refractivity contribution is 6.02. The summed E-state index contributed by atoms with van der Waals surface area (Å²) in [5.41, 5.74) is 7.54. The van der Waals surface area contributed by atoms with E-state index in [1.165, 1.54) is 7.11 Å². The molecule has 5 heteroatoms. The van der Waals surface area contributed by atoms with Gasteiger partial charge in [0.05, 0.1) is 12.5 Å². The summed E-state index contributed by atoms with van der Waals surface area (Å²) < 4.78 is 5.16. The number of hydrogen-bond acceptors (Lipinski definition) is 4. The molecule has 0 saturated heterocycles. The minimum atomic E-state index is -0.450. The molecule has 0 spiro atoms. The Bertz CT molecular complexity index is 663. The van der Waals surface area contributed by atoms with Crippen LogP contribution in [0, 0.1) is 0 Å². The van der Waals surface area contributed by atoms with Crippen molar-refractivity contribution in [1.82, 2.24) is 4.98 Å². The van der Waals surface area contributed by atoms with Gasteiger partial charge in [0, 0.05) is 11.9 Å². The van der Waals surface area contributed by atoms with Crippen molar-refractivity contribution < 1.29 is 9.53 Å². The van der Waals surface area contributed by atoms with E-state index in [4.69, 9.17) is 10.5 Å². The number of nitrogen functional groups attached to an aromatic ring is 1. The maximum atomic E-state index is 12.6. The van der Waals surface area contributed by atoms with E-state index in [0.29, 0.717) is 17.3 Å². The van der Waals surface area contributed by atoms with E-state index in [0.717, 1.165) is 18.4 Å². The Kier molecular flexibility index (Phi) is 3.25. The number of benzene rings is 1. The molecular weight excluding hydrogens is 266 g/mol. The van der Waals surface area contributed by atoms with Crippen molar-refractivity contribution in [1.29, 1.82) is 0 Å². The number of hydrogen-bond donors (Lipinski definition) is 2. The maximum Gasteiger partial charge on any atom is 0.237 e. The first-order chi connectivity index (χ1) is 10.2. The molecule has 21 heavy (non-hydrogen) atoms. The average Bonchev–Trinajstić information content (AvgIpc) is 3.30. The van der Waals surface area contributed by atoms with Crippen molar-refractivity contribution in [3.8, 4) is 5.88 Å². The van der Waals surface area contributed by atoms with Gasteiger partial charge in [0.15, 0.2) is 0 Å². The van der Waals surface area contributed by atoms with E-state index in [1.54, 1.807) is 18.3 Å². The highest BCUT2D eigenvalue weighted by Gasteiger charge is 2.51. The SMILES string of the molecule is COc1ncccc1NC(=O)C1(c2ccc(N)cc2)CC1. The molecule has 1 aliphatic rings. The first-order valence-corrected chi connectivity index (χ1v) is 6.82. The lowest BCUT2D eigenvalue weighted by Gasteiger charge is -2.17. The Morgan fingerprint density at radius 3 is 2.62 bits per heavy atom. The fourth-order valence-corrected chi connectivity index (χ4v) is 2.46. The molecular formula is C16H17N3O2. The number of carbonyl (C=O) groups is 1. The molecule has 1 aromatic heterocycles. The zero-order chi connectivity index (χ0) is 14.9. The van der Waals surface area contributed by atoms with Crippen LogP contribution in [0.1, 0.15) is 18.4 Å². The van der Waals surface area contributed by atoms with Gasteiger partial charge in [-0.1, -0.05) is 12.1 Å². The summed E-state index contributed by atoms with van der Waals surface area (Å²) in [5.74, 6) is 0.387. The Labute approximate surface area is 123 Å². The smallest absolute Gasteiger partial charge is 0.237 e. The molecule has 1 fully saturated rings. The van der Waals surface area contributed by atoms with Crippen LogP contribution in [0.3, 0.4) is 0 Å². The molecule has 1 saturated carbocycles. The molecule has 0 atom stereocenters. The number of nitrogens with zero attached hydrogens (tertiary/aromatic N) is 1. The van der Waals surface area contributed by atoms with Gasteiger partial charge in [-0.15, -0.1) is 0 Å². The third-order valence-electron chi connectivity index (χ3n) is 3.86. The van der Waals surface area contributed by atoms with Gasteiger partial charge >= 0.3 is 0 Å². The number of carbonyl (C=O) groups excluding carboxylic acids is 1. The molecule has 0 bridgehead atoms. The number of pyridine rings is 1. The molecule has 3 rings (SSSR count). The second-order valence-corrected chi connectivity index (χ2v) is 5.22. The third kappa shape index (κ3) is 2.42. The molecule has 1 aromatic carbocycles. The van der Waals surface area contributed by atoms with Gasteiger partial charge in [0.2, 0.25) is 11.8 Å². The number of nitrogens with two attached hydrogens (primary N) is 1. The van der Waals surface area contributed by atoms with Crippen LogP contribution >= 0.6 is 0 Å². The number of anilines is 2. The van der Waals surface area contributed by atoms with Crippen molar-refractivity contribution >= 4 is 17.3 Å². The monoisotopic (exact) mass is 283 g/mol. The fraction of sp³-hybridized carbons (Fsp3) is 0.250. The molecule has 1 heterocycles. The summed E-state index contributed by atoms with van der Waals surface area (Å²) in [7, 11) is 1.53. The largest absolute Gasteiger partial charge is 0.480 e. The summed E-state index contributed by atoms with van der Waals surface area (Å²) in [4.78, 5) is 16.7. The van der Waals surface area contributed by atoms with Crippen LogP contribution in [0.15, 0.2) is 42.6 Å². The van der Waals surface area contributed by atoms with Gasteiger partial charge in [-0.3, -0.25) is 4.79 Å². The van der Waals surface area contributed by atoms with Gasteiger partial charge in [-0.2, -0.15) is 0 Å². The maximum absolute atomic E-state index is 12.6. The van der Waals surface area contributed by atoms with Crippen LogP contribution in [0.5, 0.6) is 5.88 Å². The zero-order valence-electron chi connectivity index (χ0n) is 11.8. The van der Waals surface area contributed by atoms with Crippen LogP contribution in [0.2, 0.25) is 0 Å². The second kappa shape index (κ2) is 5.09. The number of methoxy groups -OCH3 is 1. The van der Waals surface area contributed by atoms with E-state index < -0.39 is 5.41 Å². The normalized spacial score (nSPS) is 15.3. The Morgan fingerprint density at radius 1 is 1.29 bits per heavy atom. The van der Waals surface area contributed by atoms with Gasteiger partial charge in [0.25, 0.3) is 0 Å². The summed E-state index contributed by atoms with van der Waals surface area (Å²) in [6.45, 7) is 0. The van der Waals surface area contributed by atoms with Crippen LogP contribution in [-0.2, 0) is 10.2 Å². The van der Waals surface area contributed by atoms with Crippen molar-refractivity contribution in [2.75, 3.05) is 18.2 Å². The summed E-state index contributed by atoms with van der Waals surface area (Å²) in [6, 6.07) is 11.0. The topological polar surface area (TPSA) is 77.2 Å². The van der Waals surface area contributed by atoms with Crippen molar-refractivity contribution in [2.45, 2.75) is 18.3 Å².